The quantitative estimate of drug-likeness (QED) is 0.463. The zero-order chi connectivity index (χ0) is 17.6. The summed E-state index contributed by atoms with van der Waals surface area (Å²) >= 11 is 12.0. The lowest BCUT2D eigenvalue weighted by Gasteiger charge is -2.35. The normalized spacial score (nSPS) is 12.6. The van der Waals surface area contributed by atoms with Crippen LogP contribution in [0.15, 0.2) is 60.7 Å². The maximum absolute atomic E-state index is 12.5. The van der Waals surface area contributed by atoms with Gasteiger partial charge in [-0.15, -0.1) is 0 Å². The molecule has 0 spiro atoms. The van der Waals surface area contributed by atoms with Crippen molar-refractivity contribution in [3.63, 3.8) is 0 Å². The molecule has 126 valence electrons. The summed E-state index contributed by atoms with van der Waals surface area (Å²) in [6.45, 7) is 2.07. The molecule has 0 fully saturated rings. The van der Waals surface area contributed by atoms with Crippen LogP contribution in [-0.4, -0.2) is 10.5 Å². The summed E-state index contributed by atoms with van der Waals surface area (Å²) in [5, 5.41) is -1.47. The van der Waals surface area contributed by atoms with Crippen LogP contribution in [0.2, 0.25) is 0 Å². The smallest absolute Gasteiger partial charge is 0.241 e. The topological polar surface area (TPSA) is 34.1 Å². The van der Waals surface area contributed by atoms with Crippen molar-refractivity contribution in [2.24, 2.45) is 0 Å². The molecule has 0 N–H and O–H groups in total. The molecule has 2 rings (SSSR count). The van der Waals surface area contributed by atoms with Gasteiger partial charge in [0, 0.05) is 5.92 Å². The van der Waals surface area contributed by atoms with Crippen molar-refractivity contribution >= 4 is 33.7 Å². The zero-order valence-corrected chi connectivity index (χ0v) is 15.1. The number of unbranched alkanes of at least 4 members (excludes halogenated alkanes) is 1. The van der Waals surface area contributed by atoms with Crippen molar-refractivity contribution in [1.82, 2.24) is 0 Å². The Hall–Kier alpha value is -1.64. The molecule has 1 atom stereocenters. The van der Waals surface area contributed by atoms with E-state index < -0.39 is 21.8 Å². The van der Waals surface area contributed by atoms with E-state index in [0.717, 1.165) is 18.4 Å². The summed E-state index contributed by atoms with van der Waals surface area (Å²) in [7, 11) is 0. The van der Waals surface area contributed by atoms with E-state index in [-0.39, 0.29) is 0 Å². The highest BCUT2D eigenvalue weighted by Crippen LogP contribution is 2.45. The predicted octanol–water partition coefficient (Wildman–Crippen LogP) is 5.43. The Kier molecular flexibility index (Phi) is 6.59. The number of hydrogen-bond donors (Lipinski definition) is 0. The van der Waals surface area contributed by atoms with Crippen LogP contribution in [-0.2, 0) is 15.0 Å². The first kappa shape index (κ1) is 18.7. The van der Waals surface area contributed by atoms with E-state index in [1.165, 1.54) is 0 Å². The molecule has 0 aromatic heterocycles. The molecule has 0 heterocycles. The molecule has 0 saturated carbocycles. The maximum Gasteiger partial charge on any atom is 0.241 e. The molecular weight excluding hydrogens is 343 g/mol. The van der Waals surface area contributed by atoms with Crippen LogP contribution in [0.1, 0.15) is 43.2 Å². The number of benzene rings is 2. The summed E-state index contributed by atoms with van der Waals surface area (Å²) < 4.78 is 0. The Labute approximate surface area is 152 Å². The Bertz CT molecular complexity index is 669. The minimum absolute atomic E-state index is 0.406. The third-order valence-electron chi connectivity index (χ3n) is 4.42. The molecule has 2 nitrogen and oxygen atoms in total. The summed E-state index contributed by atoms with van der Waals surface area (Å²) in [6.07, 6.45) is 2.45. The Balaban J connectivity index is 2.70. The van der Waals surface area contributed by atoms with Crippen molar-refractivity contribution in [3.05, 3.63) is 71.8 Å². The number of carbonyl (C=O) groups is 2. The number of carbonyl (C=O) groups excluding carboxylic acids is 2. The van der Waals surface area contributed by atoms with E-state index in [1.54, 1.807) is 24.3 Å². The highest BCUT2D eigenvalue weighted by Gasteiger charge is 2.52. The van der Waals surface area contributed by atoms with E-state index in [2.05, 4.69) is 6.92 Å². The fourth-order valence-corrected chi connectivity index (χ4v) is 3.91. The minimum Gasteiger partial charge on any atom is -0.280 e. The van der Waals surface area contributed by atoms with Crippen molar-refractivity contribution in [1.29, 1.82) is 0 Å². The van der Waals surface area contributed by atoms with Gasteiger partial charge in [0.05, 0.1) is 0 Å². The van der Waals surface area contributed by atoms with Crippen molar-refractivity contribution < 1.29 is 9.59 Å². The molecule has 0 saturated heterocycles. The first-order valence-corrected chi connectivity index (χ1v) is 8.81. The minimum atomic E-state index is -1.58. The molecule has 2 aromatic carbocycles. The monoisotopic (exact) mass is 362 g/mol. The SMILES string of the molecule is CCCCC(c1ccccc1)C(C(=O)Cl)(C(=O)Cl)c1ccccc1. The molecule has 4 heteroatoms. The van der Waals surface area contributed by atoms with Gasteiger partial charge < -0.3 is 0 Å². The van der Waals surface area contributed by atoms with Crippen LogP contribution in [0.25, 0.3) is 0 Å². The van der Waals surface area contributed by atoms with Crippen LogP contribution >= 0.6 is 23.2 Å². The Morgan fingerprint density at radius 1 is 0.917 bits per heavy atom. The van der Waals surface area contributed by atoms with Crippen LogP contribution in [0, 0.1) is 0 Å². The largest absolute Gasteiger partial charge is 0.280 e. The third kappa shape index (κ3) is 3.55. The summed E-state index contributed by atoms with van der Waals surface area (Å²) in [5.74, 6) is -0.406. The van der Waals surface area contributed by atoms with E-state index in [1.807, 2.05) is 36.4 Å². The van der Waals surface area contributed by atoms with Gasteiger partial charge in [0.15, 0.2) is 0 Å². The second kappa shape index (κ2) is 8.46. The average Bonchev–Trinajstić information content (AvgIpc) is 2.59. The fourth-order valence-electron chi connectivity index (χ4n) is 3.21. The molecule has 0 aliphatic heterocycles. The molecule has 0 radical (unpaired) electrons. The molecular formula is C20H20Cl2O2. The summed E-state index contributed by atoms with van der Waals surface area (Å²) in [6, 6.07) is 18.4. The van der Waals surface area contributed by atoms with Gasteiger partial charge >= 0.3 is 0 Å². The maximum atomic E-state index is 12.5. The summed E-state index contributed by atoms with van der Waals surface area (Å²) in [4.78, 5) is 25.1. The number of hydrogen-bond acceptors (Lipinski definition) is 2. The first-order chi connectivity index (χ1) is 11.5. The molecule has 0 aliphatic carbocycles. The first-order valence-electron chi connectivity index (χ1n) is 8.05. The third-order valence-corrected chi connectivity index (χ3v) is 5.02. The molecule has 0 aliphatic rings. The summed E-state index contributed by atoms with van der Waals surface area (Å²) in [5.41, 5.74) is -0.159. The molecule has 0 bridgehead atoms. The van der Waals surface area contributed by atoms with Gasteiger partial charge in [-0.05, 0) is 40.7 Å². The fraction of sp³-hybridized carbons (Fsp3) is 0.300. The predicted molar refractivity (Wildman–Crippen MR) is 98.5 cm³/mol. The van der Waals surface area contributed by atoms with Crippen LogP contribution < -0.4 is 0 Å². The number of rotatable bonds is 8. The molecule has 2 aromatic rings. The van der Waals surface area contributed by atoms with E-state index in [9.17, 15) is 9.59 Å². The lowest BCUT2D eigenvalue weighted by molar-refractivity contribution is -0.127. The van der Waals surface area contributed by atoms with Crippen molar-refractivity contribution in [2.75, 3.05) is 0 Å². The molecule has 0 amide bonds. The second-order valence-corrected chi connectivity index (χ2v) is 6.51. The molecule has 1 unspecified atom stereocenters. The van der Waals surface area contributed by atoms with Crippen LogP contribution in [0.3, 0.4) is 0 Å². The highest BCUT2D eigenvalue weighted by molar-refractivity contribution is 6.76. The van der Waals surface area contributed by atoms with Gasteiger partial charge in [0.1, 0.15) is 5.41 Å². The van der Waals surface area contributed by atoms with E-state index >= 15 is 0 Å². The van der Waals surface area contributed by atoms with Gasteiger partial charge in [-0.1, -0.05) is 80.4 Å². The Morgan fingerprint density at radius 2 is 1.42 bits per heavy atom. The lowest BCUT2D eigenvalue weighted by atomic mass is 9.67. The van der Waals surface area contributed by atoms with Crippen LogP contribution in [0.4, 0.5) is 0 Å². The van der Waals surface area contributed by atoms with Crippen molar-refractivity contribution in [3.8, 4) is 0 Å². The lowest BCUT2D eigenvalue weighted by Crippen LogP contribution is -2.45. The highest BCUT2D eigenvalue weighted by atomic mass is 35.5. The van der Waals surface area contributed by atoms with Gasteiger partial charge in [-0.2, -0.15) is 0 Å². The number of halogens is 2. The molecule has 24 heavy (non-hydrogen) atoms. The van der Waals surface area contributed by atoms with Gasteiger partial charge in [-0.3, -0.25) is 9.59 Å². The van der Waals surface area contributed by atoms with E-state index in [4.69, 9.17) is 23.2 Å². The van der Waals surface area contributed by atoms with Gasteiger partial charge in [0.25, 0.3) is 0 Å². The van der Waals surface area contributed by atoms with Gasteiger partial charge in [-0.25, -0.2) is 0 Å². The Morgan fingerprint density at radius 3 is 1.88 bits per heavy atom. The standard InChI is InChI=1S/C20H20Cl2O2/c1-2-3-14-17(15-10-6-4-7-11-15)20(18(21)23,19(22)24)16-12-8-5-9-13-16/h4-13,17H,2-3,14H2,1H3. The zero-order valence-electron chi connectivity index (χ0n) is 13.5. The van der Waals surface area contributed by atoms with E-state index in [0.29, 0.717) is 12.0 Å². The average molecular weight is 363 g/mol. The van der Waals surface area contributed by atoms with Crippen LogP contribution in [0.5, 0.6) is 0 Å². The van der Waals surface area contributed by atoms with Gasteiger partial charge in [0.2, 0.25) is 10.5 Å². The van der Waals surface area contributed by atoms with Crippen molar-refractivity contribution in [2.45, 2.75) is 37.5 Å². The second-order valence-electron chi connectivity index (χ2n) is 5.83.